The molecule has 6 nitrogen and oxygen atoms in total. The van der Waals surface area contributed by atoms with Gasteiger partial charge in [0.25, 0.3) is 0 Å². The maximum Gasteiger partial charge on any atom is 0.387 e. The molecule has 1 amide bonds. The summed E-state index contributed by atoms with van der Waals surface area (Å²) in [5, 5.41) is 7.76. The second-order valence-electron chi connectivity index (χ2n) is 5.49. The lowest BCUT2D eigenvalue weighted by molar-refractivity contribution is -0.120. The van der Waals surface area contributed by atoms with Gasteiger partial charge in [0, 0.05) is 6.54 Å². The van der Waals surface area contributed by atoms with Gasteiger partial charge in [-0.2, -0.15) is 8.78 Å². The summed E-state index contributed by atoms with van der Waals surface area (Å²) >= 11 is 0. The van der Waals surface area contributed by atoms with Gasteiger partial charge in [0.1, 0.15) is 5.75 Å². The van der Waals surface area contributed by atoms with Crippen molar-refractivity contribution >= 4 is 15.9 Å². The van der Waals surface area contributed by atoms with Crippen LogP contribution in [-0.4, -0.2) is 27.5 Å². The number of alkyl halides is 2. The largest absolute Gasteiger partial charge is 0.435 e. The van der Waals surface area contributed by atoms with E-state index in [9.17, 15) is 22.0 Å². The number of carbonyl (C=O) groups is 1. The van der Waals surface area contributed by atoms with E-state index < -0.39 is 16.6 Å². The van der Waals surface area contributed by atoms with E-state index >= 15 is 0 Å². The summed E-state index contributed by atoms with van der Waals surface area (Å²) in [5.41, 5.74) is 1.52. The van der Waals surface area contributed by atoms with E-state index in [1.807, 2.05) is 0 Å². The zero-order valence-electron chi connectivity index (χ0n) is 13.7. The van der Waals surface area contributed by atoms with Crippen molar-refractivity contribution < 1.29 is 26.7 Å². The molecular formula is C17H18F2N2O4S. The van der Waals surface area contributed by atoms with Crippen LogP contribution in [0.25, 0.3) is 0 Å². The quantitative estimate of drug-likeness (QED) is 0.725. The van der Waals surface area contributed by atoms with E-state index in [0.29, 0.717) is 18.5 Å². The van der Waals surface area contributed by atoms with Crippen molar-refractivity contribution in [3.63, 3.8) is 0 Å². The number of rotatable bonds is 8. The summed E-state index contributed by atoms with van der Waals surface area (Å²) in [7, 11) is -3.72. The third-order valence-corrected chi connectivity index (χ3v) is 4.43. The van der Waals surface area contributed by atoms with E-state index in [1.165, 1.54) is 24.3 Å². The van der Waals surface area contributed by atoms with Crippen molar-refractivity contribution in [3.8, 4) is 5.75 Å². The first-order chi connectivity index (χ1) is 12.2. The Bertz CT molecular complexity index is 838. The molecule has 0 aromatic heterocycles. The van der Waals surface area contributed by atoms with Gasteiger partial charge in [0.05, 0.1) is 11.3 Å². The normalized spacial score (nSPS) is 11.4. The molecule has 0 spiro atoms. The van der Waals surface area contributed by atoms with Gasteiger partial charge in [-0.1, -0.05) is 24.3 Å². The van der Waals surface area contributed by atoms with Crippen LogP contribution in [0.3, 0.4) is 0 Å². The minimum atomic E-state index is -3.72. The Hall–Kier alpha value is -2.52. The molecule has 0 fully saturated rings. The number of hydrogen-bond acceptors (Lipinski definition) is 4. The molecule has 0 aliphatic rings. The summed E-state index contributed by atoms with van der Waals surface area (Å²) in [6.07, 6.45) is 0.636. The number of sulfonamides is 1. The molecule has 26 heavy (non-hydrogen) atoms. The Kier molecular flexibility index (Phi) is 6.64. The maximum atomic E-state index is 12.1. The predicted octanol–water partition coefficient (Wildman–Crippen LogP) is 1.84. The van der Waals surface area contributed by atoms with Crippen molar-refractivity contribution in [2.75, 3.05) is 6.54 Å². The average molecular weight is 384 g/mol. The van der Waals surface area contributed by atoms with Crippen LogP contribution in [0.2, 0.25) is 0 Å². The molecule has 9 heteroatoms. The van der Waals surface area contributed by atoms with Crippen LogP contribution in [-0.2, 0) is 27.7 Å². The van der Waals surface area contributed by atoms with E-state index in [-0.39, 0.29) is 23.0 Å². The Morgan fingerprint density at radius 1 is 1.04 bits per heavy atom. The number of amides is 1. The zero-order chi connectivity index (χ0) is 19.2. The standard InChI is InChI=1S/C17H18F2N2O4S/c18-17(19)25-14-5-1-13(2-6-14)11-16(22)21-10-9-12-3-7-15(8-4-12)26(20,23)24/h1-8,17H,9-11H2,(H,21,22)(H2,20,23,24). The monoisotopic (exact) mass is 384 g/mol. The van der Waals surface area contributed by atoms with Crippen molar-refractivity contribution in [2.45, 2.75) is 24.3 Å². The van der Waals surface area contributed by atoms with Crippen LogP contribution in [0.1, 0.15) is 11.1 Å². The molecule has 0 aliphatic carbocycles. The van der Waals surface area contributed by atoms with Crippen LogP contribution in [0.4, 0.5) is 8.78 Å². The molecule has 2 aromatic rings. The molecule has 140 valence electrons. The molecule has 0 radical (unpaired) electrons. The number of hydrogen-bond donors (Lipinski definition) is 2. The van der Waals surface area contributed by atoms with Gasteiger partial charge in [-0.15, -0.1) is 0 Å². The van der Waals surface area contributed by atoms with E-state index in [0.717, 1.165) is 5.56 Å². The van der Waals surface area contributed by atoms with Gasteiger partial charge < -0.3 is 10.1 Å². The Labute approximate surface area is 150 Å². The molecule has 0 saturated heterocycles. The van der Waals surface area contributed by atoms with Gasteiger partial charge in [0.15, 0.2) is 0 Å². The minimum absolute atomic E-state index is 0.0320. The number of nitrogens with one attached hydrogen (secondary N) is 1. The Morgan fingerprint density at radius 3 is 2.15 bits per heavy atom. The topological polar surface area (TPSA) is 98.5 Å². The summed E-state index contributed by atoms with van der Waals surface area (Å²) < 4.78 is 50.7. The SMILES string of the molecule is NS(=O)(=O)c1ccc(CCNC(=O)Cc2ccc(OC(F)F)cc2)cc1. The fourth-order valence-corrected chi connectivity index (χ4v) is 2.74. The second-order valence-corrected chi connectivity index (χ2v) is 7.05. The zero-order valence-corrected chi connectivity index (χ0v) is 14.5. The number of halogens is 2. The number of benzene rings is 2. The van der Waals surface area contributed by atoms with Gasteiger partial charge in [-0.3, -0.25) is 4.79 Å². The summed E-state index contributed by atoms with van der Waals surface area (Å²) in [6, 6.07) is 11.9. The highest BCUT2D eigenvalue weighted by molar-refractivity contribution is 7.89. The molecule has 2 aromatic carbocycles. The highest BCUT2D eigenvalue weighted by atomic mass is 32.2. The number of ether oxygens (including phenoxy) is 1. The Morgan fingerprint density at radius 2 is 1.62 bits per heavy atom. The second kappa shape index (κ2) is 8.72. The number of nitrogens with two attached hydrogens (primary N) is 1. The van der Waals surface area contributed by atoms with Crippen LogP contribution in [0.15, 0.2) is 53.4 Å². The molecule has 2 rings (SSSR count). The van der Waals surface area contributed by atoms with E-state index in [1.54, 1.807) is 24.3 Å². The summed E-state index contributed by atoms with van der Waals surface area (Å²) in [6.45, 7) is -2.51. The lowest BCUT2D eigenvalue weighted by Gasteiger charge is -2.07. The smallest absolute Gasteiger partial charge is 0.387 e. The molecule has 0 unspecified atom stereocenters. The van der Waals surface area contributed by atoms with Gasteiger partial charge in [-0.25, -0.2) is 13.6 Å². The third kappa shape index (κ3) is 6.41. The first kappa shape index (κ1) is 19.8. The first-order valence-corrected chi connectivity index (χ1v) is 9.21. The maximum absolute atomic E-state index is 12.1. The number of carbonyl (C=O) groups excluding carboxylic acids is 1. The first-order valence-electron chi connectivity index (χ1n) is 7.66. The van der Waals surface area contributed by atoms with E-state index in [2.05, 4.69) is 10.1 Å². The summed E-state index contributed by atoms with van der Waals surface area (Å²) in [5.74, 6) is -0.180. The summed E-state index contributed by atoms with van der Waals surface area (Å²) in [4.78, 5) is 11.9. The fourth-order valence-electron chi connectivity index (χ4n) is 2.23. The minimum Gasteiger partial charge on any atom is -0.435 e. The van der Waals surface area contributed by atoms with Crippen molar-refractivity contribution in [1.29, 1.82) is 0 Å². The average Bonchev–Trinajstić information content (AvgIpc) is 2.56. The predicted molar refractivity (Wildman–Crippen MR) is 91.3 cm³/mol. The molecule has 0 aliphatic heterocycles. The van der Waals surface area contributed by atoms with Gasteiger partial charge in [0.2, 0.25) is 15.9 Å². The lowest BCUT2D eigenvalue weighted by Crippen LogP contribution is -2.27. The van der Waals surface area contributed by atoms with Crippen LogP contribution >= 0.6 is 0 Å². The molecule has 0 heterocycles. The lowest BCUT2D eigenvalue weighted by atomic mass is 10.1. The van der Waals surface area contributed by atoms with Gasteiger partial charge >= 0.3 is 6.61 Å². The highest BCUT2D eigenvalue weighted by Gasteiger charge is 2.08. The van der Waals surface area contributed by atoms with Crippen LogP contribution in [0.5, 0.6) is 5.75 Å². The third-order valence-electron chi connectivity index (χ3n) is 3.50. The molecule has 0 bridgehead atoms. The van der Waals surface area contributed by atoms with Gasteiger partial charge in [-0.05, 0) is 41.8 Å². The molecular weight excluding hydrogens is 366 g/mol. The van der Waals surface area contributed by atoms with E-state index in [4.69, 9.17) is 5.14 Å². The van der Waals surface area contributed by atoms with Crippen molar-refractivity contribution in [1.82, 2.24) is 5.32 Å². The highest BCUT2D eigenvalue weighted by Crippen LogP contribution is 2.15. The van der Waals surface area contributed by atoms with Crippen molar-refractivity contribution in [2.24, 2.45) is 5.14 Å². The van der Waals surface area contributed by atoms with Crippen LogP contribution < -0.4 is 15.2 Å². The van der Waals surface area contributed by atoms with Crippen molar-refractivity contribution in [3.05, 3.63) is 59.7 Å². The molecule has 0 atom stereocenters. The number of primary sulfonamides is 1. The fraction of sp³-hybridized carbons (Fsp3) is 0.235. The molecule has 3 N–H and O–H groups in total. The van der Waals surface area contributed by atoms with Crippen LogP contribution in [0, 0.1) is 0 Å². The molecule has 0 saturated carbocycles. The Balaban J connectivity index is 1.78.